The van der Waals surface area contributed by atoms with E-state index in [4.69, 9.17) is 0 Å². The molecule has 0 spiro atoms. The van der Waals surface area contributed by atoms with Gasteiger partial charge in [0, 0.05) is 0 Å². The van der Waals surface area contributed by atoms with E-state index in [9.17, 15) is 0 Å². The maximum absolute atomic E-state index is 2.66. The number of nitrogens with zero attached hydrogens (tertiary/aromatic N) is 2. The fourth-order valence-electron chi connectivity index (χ4n) is 4.83. The van der Waals surface area contributed by atoms with E-state index < -0.39 is 7.26 Å². The monoisotopic (exact) mass is 418 g/mol. The summed E-state index contributed by atoms with van der Waals surface area (Å²) in [5.41, 5.74) is 2.79. The Balaban J connectivity index is 1.89. The summed E-state index contributed by atoms with van der Waals surface area (Å²) in [5, 5.41) is 4.51. The van der Waals surface area contributed by atoms with E-state index in [2.05, 4.69) is 109 Å². The number of anilines is 1. The minimum absolute atomic E-state index is 1.06. The van der Waals surface area contributed by atoms with Crippen molar-refractivity contribution in [2.45, 2.75) is 25.8 Å². The van der Waals surface area contributed by atoms with Gasteiger partial charge in [-0.15, -0.1) is 0 Å². The summed E-state index contributed by atoms with van der Waals surface area (Å²) < 4.78 is 0. The fourth-order valence-corrected chi connectivity index (χ4v) is 8.74. The van der Waals surface area contributed by atoms with Gasteiger partial charge in [0.05, 0.1) is 0 Å². The van der Waals surface area contributed by atoms with Crippen LogP contribution >= 0.6 is 7.26 Å². The molecule has 0 radical (unpaired) electrons. The molecule has 30 heavy (non-hydrogen) atoms. The molecule has 2 nitrogen and oxygen atoms in total. The van der Waals surface area contributed by atoms with Gasteiger partial charge in [0.1, 0.15) is 0 Å². The first-order valence-corrected chi connectivity index (χ1v) is 13.7. The summed E-state index contributed by atoms with van der Waals surface area (Å²) >= 11 is 0. The van der Waals surface area contributed by atoms with E-state index in [1.807, 2.05) is 0 Å². The van der Waals surface area contributed by atoms with Crippen LogP contribution < -0.4 is 20.8 Å². The Morgan fingerprint density at radius 2 is 1.33 bits per heavy atom. The zero-order valence-electron chi connectivity index (χ0n) is 18.6. The third-order valence-corrected chi connectivity index (χ3v) is 11.2. The van der Waals surface area contributed by atoms with Crippen LogP contribution in [0.15, 0.2) is 78.9 Å². The second-order valence-corrected chi connectivity index (χ2v) is 12.9. The number of benzene rings is 3. The van der Waals surface area contributed by atoms with Crippen molar-refractivity contribution in [2.24, 2.45) is 0 Å². The molecule has 0 atom stereocenters. The molecule has 1 fully saturated rings. The molecule has 0 aromatic heterocycles. The molecule has 0 saturated carbocycles. The van der Waals surface area contributed by atoms with Gasteiger partial charge in [-0.3, -0.25) is 0 Å². The Labute approximate surface area is 182 Å². The summed E-state index contributed by atoms with van der Waals surface area (Å²) in [6.07, 6.45) is 4.04. The molecule has 3 aromatic rings. The Bertz CT molecular complexity index is 908. The average molecular weight is 419 g/mol. The molecule has 0 unspecified atom stereocenters. The summed E-state index contributed by atoms with van der Waals surface area (Å²) in [5.74, 6) is 0. The van der Waals surface area contributed by atoms with E-state index in [1.165, 1.54) is 54.2 Å². The number of rotatable bonds is 6. The van der Waals surface area contributed by atoms with Crippen molar-refractivity contribution < 1.29 is 0 Å². The quantitative estimate of drug-likeness (QED) is 0.548. The summed E-state index contributed by atoms with van der Waals surface area (Å²) in [4.78, 5) is 4.89. The zero-order chi connectivity index (χ0) is 21.0. The summed E-state index contributed by atoms with van der Waals surface area (Å²) in [7, 11) is 2.15. The predicted octanol–water partition coefficient (Wildman–Crippen LogP) is 4.39. The first kappa shape index (κ1) is 21.1. The first-order chi connectivity index (χ1) is 14.6. The maximum atomic E-state index is 2.66. The van der Waals surface area contributed by atoms with Gasteiger partial charge in [0.25, 0.3) is 0 Å². The number of likely N-dealkylation sites (tertiary alicyclic amines) is 1. The number of hydrogen-bond acceptors (Lipinski definition) is 2. The molecule has 1 heterocycles. The third-order valence-electron chi connectivity index (χ3n) is 6.69. The molecule has 0 amide bonds. The molecule has 0 bridgehead atoms. The van der Waals surface area contributed by atoms with Gasteiger partial charge in [0.2, 0.25) is 0 Å². The molecular formula is C27H35N2P. The van der Waals surface area contributed by atoms with Crippen LogP contribution in [0.5, 0.6) is 0 Å². The number of hydrogen-bond donors (Lipinski definition) is 0. The standard InChI is InChI=1S/C27H35N2P/c1-28(2)24-18-17-23(22-29-19-11-6-12-20-29)27(21-24)30(3,25-13-7-4-8-14-25)26-15-9-5-10-16-26/h4-5,7-10,13-18,21,30H,6,11-12,19-20,22H2,1-3H3. The van der Waals surface area contributed by atoms with E-state index in [-0.39, 0.29) is 0 Å². The van der Waals surface area contributed by atoms with Crippen molar-refractivity contribution in [3.8, 4) is 0 Å². The van der Waals surface area contributed by atoms with Gasteiger partial charge in [-0.1, -0.05) is 0 Å². The Kier molecular flexibility index (Phi) is 6.56. The van der Waals surface area contributed by atoms with Crippen molar-refractivity contribution >= 4 is 28.9 Å². The summed E-state index contributed by atoms with van der Waals surface area (Å²) in [6, 6.07) is 29.6. The molecule has 0 N–H and O–H groups in total. The normalized spacial score (nSPS) is 15.7. The predicted molar refractivity (Wildman–Crippen MR) is 136 cm³/mol. The average Bonchev–Trinajstić information content (AvgIpc) is 2.80. The second kappa shape index (κ2) is 9.33. The van der Waals surface area contributed by atoms with Gasteiger partial charge in [-0.2, -0.15) is 0 Å². The Morgan fingerprint density at radius 3 is 1.87 bits per heavy atom. The molecule has 3 heteroatoms. The van der Waals surface area contributed by atoms with Crippen LogP contribution in [0.1, 0.15) is 24.8 Å². The van der Waals surface area contributed by atoms with E-state index in [1.54, 1.807) is 5.30 Å². The fraction of sp³-hybridized carbons (Fsp3) is 0.333. The van der Waals surface area contributed by atoms with Crippen LogP contribution in [0.25, 0.3) is 0 Å². The van der Waals surface area contributed by atoms with Gasteiger partial charge in [-0.05, 0) is 0 Å². The van der Waals surface area contributed by atoms with Crippen molar-refractivity contribution in [1.82, 2.24) is 4.90 Å². The van der Waals surface area contributed by atoms with Gasteiger partial charge in [-0.25, -0.2) is 0 Å². The zero-order valence-corrected chi connectivity index (χ0v) is 19.6. The van der Waals surface area contributed by atoms with E-state index in [0.29, 0.717) is 0 Å². The van der Waals surface area contributed by atoms with E-state index >= 15 is 0 Å². The van der Waals surface area contributed by atoms with Crippen LogP contribution in [0, 0.1) is 0 Å². The Morgan fingerprint density at radius 1 is 0.767 bits per heavy atom. The third kappa shape index (κ3) is 4.31. The molecule has 158 valence electrons. The topological polar surface area (TPSA) is 6.48 Å². The Hall–Kier alpha value is -2.15. The van der Waals surface area contributed by atoms with Gasteiger partial charge < -0.3 is 0 Å². The van der Waals surface area contributed by atoms with Crippen molar-refractivity contribution in [3.63, 3.8) is 0 Å². The van der Waals surface area contributed by atoms with Crippen molar-refractivity contribution in [2.75, 3.05) is 38.7 Å². The molecular weight excluding hydrogens is 383 g/mol. The second-order valence-electron chi connectivity index (χ2n) is 8.93. The SMILES string of the molecule is CN(C)c1ccc(CN2CCCCC2)c([PH](C)(c2ccccc2)c2ccccc2)c1. The summed E-state index contributed by atoms with van der Waals surface area (Å²) in [6.45, 7) is 6.05. The number of piperidine rings is 1. The first-order valence-electron chi connectivity index (χ1n) is 11.2. The van der Waals surface area contributed by atoms with Crippen LogP contribution in [-0.4, -0.2) is 38.7 Å². The molecule has 1 saturated heterocycles. The van der Waals surface area contributed by atoms with Crippen LogP contribution in [0.2, 0.25) is 0 Å². The van der Waals surface area contributed by atoms with Crippen molar-refractivity contribution in [1.29, 1.82) is 0 Å². The van der Waals surface area contributed by atoms with Crippen LogP contribution in [-0.2, 0) is 6.54 Å². The van der Waals surface area contributed by atoms with Crippen molar-refractivity contribution in [3.05, 3.63) is 84.4 Å². The van der Waals surface area contributed by atoms with Gasteiger partial charge in [0.15, 0.2) is 0 Å². The molecule has 3 aromatic carbocycles. The molecule has 1 aliphatic rings. The minimum atomic E-state index is -2.14. The van der Waals surface area contributed by atoms with E-state index in [0.717, 1.165) is 6.54 Å². The van der Waals surface area contributed by atoms with Crippen LogP contribution in [0.3, 0.4) is 0 Å². The van der Waals surface area contributed by atoms with Gasteiger partial charge >= 0.3 is 183 Å². The molecule has 4 rings (SSSR count). The van der Waals surface area contributed by atoms with Crippen LogP contribution in [0.4, 0.5) is 5.69 Å². The molecule has 0 aliphatic carbocycles. The molecule has 1 aliphatic heterocycles.